The molecule has 0 aromatic heterocycles. The van der Waals surface area contributed by atoms with Crippen LogP contribution in [-0.4, -0.2) is 8.76 Å². The molecule has 0 heterocycles. The van der Waals surface area contributed by atoms with Gasteiger partial charge in [-0.1, -0.05) is 11.6 Å². The van der Waals surface area contributed by atoms with Gasteiger partial charge in [-0.15, -0.1) is 0 Å². The molecule has 1 atom stereocenters. The van der Waals surface area contributed by atoms with E-state index >= 15 is 0 Å². The van der Waals surface area contributed by atoms with Crippen LogP contribution in [0.5, 0.6) is 0 Å². The largest absolute Gasteiger partial charge is 0.768 e. The molecule has 0 aliphatic carbocycles. The highest BCUT2D eigenvalue weighted by Gasteiger charge is 2.01. The van der Waals surface area contributed by atoms with Gasteiger partial charge in [-0.05, 0) is 29.3 Å². The average Bonchev–Trinajstić information content (AvgIpc) is 1.85. The van der Waals surface area contributed by atoms with Gasteiger partial charge in [0.05, 0.1) is 4.90 Å². The summed E-state index contributed by atoms with van der Waals surface area (Å²) in [6.45, 7) is 0. The Balaban J connectivity index is 3.20. The first kappa shape index (κ1) is 8.64. The number of hydrogen-bond acceptors (Lipinski definition) is 2. The summed E-state index contributed by atoms with van der Waals surface area (Å²) in [6, 6.07) is 3.38. The van der Waals surface area contributed by atoms with Crippen LogP contribution < -0.4 is 0 Å². The fourth-order valence-electron chi connectivity index (χ4n) is 0.610. The molecule has 1 aromatic rings. The zero-order valence-electron chi connectivity index (χ0n) is 5.21. The maximum absolute atomic E-state index is 12.6. The molecule has 1 unspecified atom stereocenters. The van der Waals surface area contributed by atoms with Gasteiger partial charge in [-0.2, -0.15) is 0 Å². The van der Waals surface area contributed by atoms with E-state index in [9.17, 15) is 13.2 Å². The van der Waals surface area contributed by atoms with Crippen molar-refractivity contribution in [2.24, 2.45) is 0 Å². The first-order valence-corrected chi connectivity index (χ1v) is 4.11. The average molecular weight is 194 g/mol. The van der Waals surface area contributed by atoms with E-state index < -0.39 is 16.9 Å². The Labute approximate surface area is 70.3 Å². The van der Waals surface area contributed by atoms with Crippen molar-refractivity contribution in [3.8, 4) is 0 Å². The Kier molecular flexibility index (Phi) is 2.59. The SMILES string of the molecule is O=S([O-])c1ccc(Cl)cc1F. The van der Waals surface area contributed by atoms with Crippen molar-refractivity contribution in [2.45, 2.75) is 4.90 Å². The minimum atomic E-state index is -2.53. The molecule has 60 valence electrons. The maximum Gasteiger partial charge on any atom is 0.139 e. The predicted octanol–water partition coefficient (Wildman–Crippen LogP) is 1.72. The van der Waals surface area contributed by atoms with Gasteiger partial charge in [0.1, 0.15) is 5.82 Å². The van der Waals surface area contributed by atoms with E-state index in [0.29, 0.717) is 0 Å². The molecule has 5 heteroatoms. The zero-order valence-corrected chi connectivity index (χ0v) is 6.79. The van der Waals surface area contributed by atoms with Crippen molar-refractivity contribution in [1.29, 1.82) is 0 Å². The molecule has 0 aliphatic heterocycles. The second-order valence-electron chi connectivity index (χ2n) is 1.81. The van der Waals surface area contributed by atoms with E-state index in [1.54, 1.807) is 0 Å². The van der Waals surface area contributed by atoms with Gasteiger partial charge in [0.25, 0.3) is 0 Å². The number of rotatable bonds is 1. The lowest BCUT2D eigenvalue weighted by molar-refractivity contribution is 0.523. The third-order valence-corrected chi connectivity index (χ3v) is 2.00. The molecule has 0 fully saturated rings. The molecule has 0 amide bonds. The number of benzene rings is 1. The van der Waals surface area contributed by atoms with Gasteiger partial charge in [0, 0.05) is 5.02 Å². The fourth-order valence-corrected chi connectivity index (χ4v) is 1.17. The quantitative estimate of drug-likeness (QED) is 0.638. The normalized spacial score (nSPS) is 13.0. The highest BCUT2D eigenvalue weighted by atomic mass is 35.5. The molecule has 0 aliphatic rings. The van der Waals surface area contributed by atoms with E-state index in [1.165, 1.54) is 6.07 Å². The Bertz CT molecular complexity index is 303. The fraction of sp³-hybridized carbons (Fsp3) is 0. The van der Waals surface area contributed by atoms with Crippen LogP contribution in [0.25, 0.3) is 0 Å². The Morgan fingerprint density at radius 1 is 1.55 bits per heavy atom. The third-order valence-electron chi connectivity index (χ3n) is 1.07. The lowest BCUT2D eigenvalue weighted by Gasteiger charge is -2.05. The molecule has 0 saturated heterocycles. The number of halogens is 2. The van der Waals surface area contributed by atoms with Crippen LogP contribution in [0.1, 0.15) is 0 Å². The van der Waals surface area contributed by atoms with E-state index in [0.717, 1.165) is 12.1 Å². The second-order valence-corrected chi connectivity index (χ2v) is 3.16. The summed E-state index contributed by atoms with van der Waals surface area (Å²) < 4.78 is 33.1. The second kappa shape index (κ2) is 3.30. The molecule has 11 heavy (non-hydrogen) atoms. The van der Waals surface area contributed by atoms with Crippen molar-refractivity contribution in [3.63, 3.8) is 0 Å². The van der Waals surface area contributed by atoms with Gasteiger partial charge in [-0.3, -0.25) is 4.21 Å². The molecule has 0 radical (unpaired) electrons. The van der Waals surface area contributed by atoms with Crippen LogP contribution >= 0.6 is 11.6 Å². The van der Waals surface area contributed by atoms with Crippen molar-refractivity contribution < 1.29 is 13.2 Å². The van der Waals surface area contributed by atoms with Crippen LogP contribution in [0, 0.1) is 5.82 Å². The standard InChI is InChI=1S/C6H4ClFO2S/c7-4-1-2-6(11(9)10)5(8)3-4/h1-3H,(H,9,10)/p-1. The molecular weight excluding hydrogens is 191 g/mol. The molecule has 1 aromatic carbocycles. The first-order valence-electron chi connectivity index (χ1n) is 2.65. The van der Waals surface area contributed by atoms with Crippen LogP contribution in [-0.2, 0) is 11.1 Å². The maximum atomic E-state index is 12.6. The Morgan fingerprint density at radius 3 is 2.64 bits per heavy atom. The first-order chi connectivity index (χ1) is 5.11. The summed E-state index contributed by atoms with van der Waals surface area (Å²) >= 11 is 2.85. The van der Waals surface area contributed by atoms with Gasteiger partial charge in [0.15, 0.2) is 0 Å². The van der Waals surface area contributed by atoms with Gasteiger partial charge in [0.2, 0.25) is 0 Å². The molecule has 0 saturated carbocycles. The van der Waals surface area contributed by atoms with Crippen LogP contribution in [0.3, 0.4) is 0 Å². The smallest absolute Gasteiger partial charge is 0.139 e. The van der Waals surface area contributed by atoms with Gasteiger partial charge in [-0.25, -0.2) is 4.39 Å². The minimum Gasteiger partial charge on any atom is -0.768 e. The molecule has 0 bridgehead atoms. The van der Waals surface area contributed by atoms with Crippen LogP contribution in [0.4, 0.5) is 4.39 Å². The van der Waals surface area contributed by atoms with Crippen molar-refractivity contribution in [2.75, 3.05) is 0 Å². The summed E-state index contributed by atoms with van der Waals surface area (Å²) in [5.74, 6) is -0.828. The van der Waals surface area contributed by atoms with E-state index in [1.807, 2.05) is 0 Å². The lowest BCUT2D eigenvalue weighted by Crippen LogP contribution is -1.92. The third kappa shape index (κ3) is 1.99. The highest BCUT2D eigenvalue weighted by Crippen LogP contribution is 2.16. The van der Waals surface area contributed by atoms with E-state index in [4.69, 9.17) is 11.6 Å². The van der Waals surface area contributed by atoms with Crippen molar-refractivity contribution >= 4 is 22.7 Å². The number of hydrogen-bond donors (Lipinski definition) is 0. The Morgan fingerprint density at radius 2 is 2.18 bits per heavy atom. The molecule has 1 rings (SSSR count). The van der Waals surface area contributed by atoms with Gasteiger partial charge >= 0.3 is 0 Å². The van der Waals surface area contributed by atoms with Crippen LogP contribution in [0.15, 0.2) is 23.1 Å². The molecule has 0 spiro atoms. The Hall–Kier alpha value is -0.450. The lowest BCUT2D eigenvalue weighted by atomic mass is 10.3. The zero-order chi connectivity index (χ0) is 8.43. The van der Waals surface area contributed by atoms with Crippen LogP contribution in [0.2, 0.25) is 5.02 Å². The highest BCUT2D eigenvalue weighted by molar-refractivity contribution is 7.79. The predicted molar refractivity (Wildman–Crippen MR) is 38.6 cm³/mol. The molecular formula is C6H3ClFO2S-. The van der Waals surface area contributed by atoms with Crippen molar-refractivity contribution in [3.05, 3.63) is 29.0 Å². The minimum absolute atomic E-state index is 0.178. The molecule has 0 N–H and O–H groups in total. The molecule has 2 nitrogen and oxygen atoms in total. The summed E-state index contributed by atoms with van der Waals surface area (Å²) in [4.78, 5) is -0.366. The van der Waals surface area contributed by atoms with E-state index in [-0.39, 0.29) is 9.92 Å². The summed E-state index contributed by atoms with van der Waals surface area (Å²) in [5, 5.41) is 0.178. The summed E-state index contributed by atoms with van der Waals surface area (Å²) in [5.41, 5.74) is 0. The summed E-state index contributed by atoms with van der Waals surface area (Å²) in [6.07, 6.45) is 0. The monoisotopic (exact) mass is 193 g/mol. The van der Waals surface area contributed by atoms with Crippen molar-refractivity contribution in [1.82, 2.24) is 0 Å². The topological polar surface area (TPSA) is 40.1 Å². The van der Waals surface area contributed by atoms with E-state index in [2.05, 4.69) is 0 Å². The summed E-state index contributed by atoms with van der Waals surface area (Å²) in [7, 11) is 0. The van der Waals surface area contributed by atoms with Gasteiger partial charge < -0.3 is 4.55 Å².